The van der Waals surface area contributed by atoms with E-state index < -0.39 is 55.6 Å². The second-order valence-corrected chi connectivity index (χ2v) is 8.99. The number of rotatable bonds is 8. The maximum atomic E-state index is 14.4. The van der Waals surface area contributed by atoms with Gasteiger partial charge in [-0.25, -0.2) is 21.2 Å². The number of sulfonamides is 2. The predicted molar refractivity (Wildman–Crippen MR) is 86.9 cm³/mol. The topological polar surface area (TPSA) is 112 Å². The summed E-state index contributed by atoms with van der Waals surface area (Å²) in [6, 6.07) is 3.16. The van der Waals surface area contributed by atoms with Crippen LogP contribution in [0.4, 0.5) is 10.1 Å². The predicted octanol–water partition coefficient (Wildman–Crippen LogP) is -0.209. The number of anilines is 1. The van der Waals surface area contributed by atoms with Crippen LogP contribution < -0.4 is 9.17 Å². The van der Waals surface area contributed by atoms with E-state index in [-0.39, 0.29) is 16.6 Å². The minimum atomic E-state index is -4.33. The lowest BCUT2D eigenvalue weighted by atomic mass is 9.79. The molecule has 1 rings (SSSR count). The Morgan fingerprint density at radius 3 is 1.91 bits per heavy atom. The zero-order valence-corrected chi connectivity index (χ0v) is 14.4. The van der Waals surface area contributed by atoms with Crippen LogP contribution in [0, 0.1) is 5.82 Å². The van der Waals surface area contributed by atoms with Crippen molar-refractivity contribution >= 4 is 38.3 Å². The van der Waals surface area contributed by atoms with Crippen molar-refractivity contribution in [2.24, 2.45) is 0 Å². The van der Waals surface area contributed by atoms with Crippen LogP contribution in [-0.4, -0.2) is 45.5 Å². The molecule has 2 N–H and O–H groups in total. The van der Waals surface area contributed by atoms with Crippen LogP contribution >= 0.6 is 0 Å². The molecular formula is C12H19BFNO6S2. The Balaban J connectivity index is 3.64. The molecule has 1 aromatic carbocycles. The lowest BCUT2D eigenvalue weighted by Crippen LogP contribution is -2.42. The van der Waals surface area contributed by atoms with E-state index in [0.717, 1.165) is 18.2 Å². The van der Waals surface area contributed by atoms with Gasteiger partial charge in [0, 0.05) is 5.46 Å². The molecule has 0 aliphatic rings. The molecule has 23 heavy (non-hydrogen) atoms. The highest BCUT2D eigenvalue weighted by Crippen LogP contribution is 2.26. The molecule has 0 radical (unpaired) electrons. The molecule has 0 saturated carbocycles. The summed E-state index contributed by atoms with van der Waals surface area (Å²) in [5.74, 6) is -2.27. The van der Waals surface area contributed by atoms with E-state index in [1.807, 2.05) is 0 Å². The zero-order valence-electron chi connectivity index (χ0n) is 12.8. The Morgan fingerprint density at radius 2 is 1.52 bits per heavy atom. The van der Waals surface area contributed by atoms with Crippen molar-refractivity contribution in [3.63, 3.8) is 0 Å². The molecule has 0 aliphatic heterocycles. The molecule has 0 spiro atoms. The van der Waals surface area contributed by atoms with Crippen molar-refractivity contribution in [2.75, 3.05) is 15.2 Å². The van der Waals surface area contributed by atoms with Crippen molar-refractivity contribution in [1.29, 1.82) is 0 Å². The summed E-state index contributed by atoms with van der Waals surface area (Å²) in [6.07, 6.45) is 0.287. The van der Waals surface area contributed by atoms with E-state index in [0.29, 0.717) is 0 Å². The average molecular weight is 367 g/mol. The highest BCUT2D eigenvalue weighted by Gasteiger charge is 2.36. The van der Waals surface area contributed by atoms with E-state index in [1.54, 1.807) is 13.8 Å². The largest absolute Gasteiger partial charge is 0.491 e. The fourth-order valence-electron chi connectivity index (χ4n) is 2.03. The Labute approximate surface area is 136 Å². The SMILES string of the molecule is CCCS(=O)(=O)N(c1cccc(B(O)O)c1F)S(=O)(=O)CCC. The van der Waals surface area contributed by atoms with Gasteiger partial charge in [-0.15, -0.1) is 0 Å². The standard InChI is InChI=1S/C12H19BFNO6S2/c1-3-8-22(18,19)15(23(20,21)9-4-2)11-7-5-6-10(12(11)14)13(16)17/h5-7,16-17H,3-4,8-9H2,1-2H3. The third-order valence-corrected chi connectivity index (χ3v) is 7.53. The second-order valence-electron chi connectivity index (χ2n) is 4.88. The van der Waals surface area contributed by atoms with Crippen LogP contribution in [0.25, 0.3) is 0 Å². The first-order valence-electron chi connectivity index (χ1n) is 6.99. The lowest BCUT2D eigenvalue weighted by molar-refractivity contribution is 0.423. The van der Waals surface area contributed by atoms with Gasteiger partial charge in [-0.2, -0.15) is 3.71 Å². The highest BCUT2D eigenvalue weighted by atomic mass is 32.3. The molecule has 0 fully saturated rings. The molecule has 0 saturated heterocycles. The van der Waals surface area contributed by atoms with Crippen LogP contribution in [0.2, 0.25) is 0 Å². The van der Waals surface area contributed by atoms with E-state index >= 15 is 0 Å². The van der Waals surface area contributed by atoms with Gasteiger partial charge in [-0.05, 0) is 18.9 Å². The molecule has 0 bridgehead atoms. The zero-order chi connectivity index (χ0) is 17.8. The van der Waals surface area contributed by atoms with Gasteiger partial charge in [0.25, 0.3) is 0 Å². The van der Waals surface area contributed by atoms with Crippen molar-refractivity contribution in [2.45, 2.75) is 26.7 Å². The molecule has 0 atom stereocenters. The van der Waals surface area contributed by atoms with E-state index in [4.69, 9.17) is 10.0 Å². The van der Waals surface area contributed by atoms with E-state index in [2.05, 4.69) is 0 Å². The van der Waals surface area contributed by atoms with Gasteiger partial charge in [0.2, 0.25) is 20.0 Å². The molecular weight excluding hydrogens is 348 g/mol. The van der Waals surface area contributed by atoms with Crippen molar-refractivity contribution in [3.8, 4) is 0 Å². The monoisotopic (exact) mass is 367 g/mol. The van der Waals surface area contributed by atoms with Crippen LogP contribution in [0.3, 0.4) is 0 Å². The Bertz CT molecular complexity index is 715. The Kier molecular flexibility index (Phi) is 6.57. The first-order chi connectivity index (χ1) is 10.6. The van der Waals surface area contributed by atoms with Gasteiger partial charge < -0.3 is 10.0 Å². The Morgan fingerprint density at radius 1 is 1.04 bits per heavy atom. The van der Waals surface area contributed by atoms with Crippen molar-refractivity contribution in [3.05, 3.63) is 24.0 Å². The molecule has 0 aliphatic carbocycles. The van der Waals surface area contributed by atoms with Crippen molar-refractivity contribution < 1.29 is 31.3 Å². The smallest absolute Gasteiger partial charge is 0.423 e. The summed E-state index contributed by atoms with van der Waals surface area (Å²) in [5.41, 5.74) is -1.34. The molecule has 0 heterocycles. The van der Waals surface area contributed by atoms with Gasteiger partial charge in [-0.1, -0.05) is 26.0 Å². The summed E-state index contributed by atoms with van der Waals surface area (Å²) < 4.78 is 63.9. The van der Waals surface area contributed by atoms with Crippen LogP contribution in [0.15, 0.2) is 18.2 Å². The molecule has 130 valence electrons. The summed E-state index contributed by atoms with van der Waals surface area (Å²) in [4.78, 5) is 0. The van der Waals surface area contributed by atoms with Gasteiger partial charge in [-0.3, -0.25) is 0 Å². The highest BCUT2D eigenvalue weighted by molar-refractivity contribution is 8.10. The summed E-state index contributed by atoms with van der Waals surface area (Å²) in [7, 11) is -10.9. The van der Waals surface area contributed by atoms with Gasteiger partial charge in [0.1, 0.15) is 11.5 Å². The fraction of sp³-hybridized carbons (Fsp3) is 0.500. The van der Waals surface area contributed by atoms with E-state index in [9.17, 15) is 21.2 Å². The second kappa shape index (κ2) is 7.60. The molecule has 11 heteroatoms. The average Bonchev–Trinajstić information content (AvgIpc) is 2.39. The molecule has 0 unspecified atom stereocenters. The number of benzene rings is 1. The minimum absolute atomic E-state index is 0.0637. The summed E-state index contributed by atoms with van der Waals surface area (Å²) in [6.45, 7) is 3.10. The quantitative estimate of drug-likeness (QED) is 0.615. The maximum absolute atomic E-state index is 14.4. The number of hydrogen-bond acceptors (Lipinski definition) is 6. The normalized spacial score (nSPS) is 12.2. The lowest BCUT2D eigenvalue weighted by Gasteiger charge is -2.24. The number of hydrogen-bond donors (Lipinski definition) is 2. The van der Waals surface area contributed by atoms with Gasteiger partial charge in [0.15, 0.2) is 0 Å². The molecule has 7 nitrogen and oxygen atoms in total. The fourth-order valence-corrected chi connectivity index (χ4v) is 6.11. The van der Waals surface area contributed by atoms with E-state index in [1.165, 1.54) is 0 Å². The van der Waals surface area contributed by atoms with Crippen LogP contribution in [0.5, 0.6) is 0 Å². The molecule has 0 aromatic heterocycles. The van der Waals surface area contributed by atoms with Crippen LogP contribution in [-0.2, 0) is 20.0 Å². The Hall–Kier alpha value is -1.17. The maximum Gasteiger partial charge on any atom is 0.491 e. The number of halogens is 1. The molecule has 1 aromatic rings. The first-order valence-corrected chi connectivity index (χ1v) is 10.2. The third kappa shape index (κ3) is 4.43. The van der Waals surface area contributed by atoms with Crippen LogP contribution in [0.1, 0.15) is 26.7 Å². The van der Waals surface area contributed by atoms with Gasteiger partial charge in [0.05, 0.1) is 11.5 Å². The minimum Gasteiger partial charge on any atom is -0.423 e. The van der Waals surface area contributed by atoms with Gasteiger partial charge >= 0.3 is 7.12 Å². The summed E-state index contributed by atoms with van der Waals surface area (Å²) in [5, 5.41) is 18.2. The third-order valence-electron chi connectivity index (χ3n) is 2.91. The summed E-state index contributed by atoms with van der Waals surface area (Å²) >= 11 is 0. The number of nitrogens with zero attached hydrogens (tertiary/aromatic N) is 1. The first kappa shape index (κ1) is 19.9. The van der Waals surface area contributed by atoms with Crippen molar-refractivity contribution in [1.82, 2.24) is 0 Å². The molecule has 0 amide bonds.